The second kappa shape index (κ2) is 9.36. The van der Waals surface area contributed by atoms with Crippen LogP contribution in [0.5, 0.6) is 0 Å². The Morgan fingerprint density at radius 3 is 2.32 bits per heavy atom. The summed E-state index contributed by atoms with van der Waals surface area (Å²) in [7, 11) is -2.49. The van der Waals surface area contributed by atoms with Crippen LogP contribution in [0.2, 0.25) is 0 Å². The number of ether oxygens (including phenoxy) is 1. The average molecular weight is 404 g/mol. The zero-order chi connectivity index (χ0) is 20.7. The maximum atomic E-state index is 12.6. The topological polar surface area (TPSA) is 102 Å². The molecule has 0 radical (unpaired) electrons. The van der Waals surface area contributed by atoms with Crippen molar-refractivity contribution < 1.29 is 22.7 Å². The maximum Gasteiger partial charge on any atom is 0.337 e. The molecule has 0 fully saturated rings. The second-order valence-electron chi connectivity index (χ2n) is 6.38. The standard InChI is InChI=1S/C20H24N2O5S/c1-4-14(2)21-19(23)17-7-5-6-8-18(17)22-28(25,26)13-15-9-11-16(12-10-15)20(24)27-3/h5-12,14,22H,4,13H2,1-3H3,(H,21,23). The zero-order valence-electron chi connectivity index (χ0n) is 16.1. The van der Waals surface area contributed by atoms with Gasteiger partial charge in [0.05, 0.1) is 29.7 Å². The molecule has 0 aromatic heterocycles. The van der Waals surface area contributed by atoms with Crippen LogP contribution in [0.25, 0.3) is 0 Å². The molecule has 1 unspecified atom stereocenters. The fraction of sp³-hybridized carbons (Fsp3) is 0.300. The van der Waals surface area contributed by atoms with Crippen LogP contribution in [-0.4, -0.2) is 33.4 Å². The Hall–Kier alpha value is -2.87. The number of methoxy groups -OCH3 is 1. The predicted molar refractivity (Wildman–Crippen MR) is 108 cm³/mol. The van der Waals surface area contributed by atoms with Crippen molar-refractivity contribution in [2.45, 2.75) is 32.1 Å². The van der Waals surface area contributed by atoms with Crippen molar-refractivity contribution in [3.63, 3.8) is 0 Å². The van der Waals surface area contributed by atoms with Gasteiger partial charge in [0.15, 0.2) is 0 Å². The molecule has 0 bridgehead atoms. The lowest BCUT2D eigenvalue weighted by Gasteiger charge is -2.15. The number of sulfonamides is 1. The average Bonchev–Trinajstić information content (AvgIpc) is 2.67. The first-order valence-electron chi connectivity index (χ1n) is 8.83. The number of rotatable bonds is 8. The molecule has 8 heteroatoms. The molecule has 0 heterocycles. The number of esters is 1. The Bertz CT molecular complexity index is 939. The highest BCUT2D eigenvalue weighted by atomic mass is 32.2. The summed E-state index contributed by atoms with van der Waals surface area (Å²) in [5.41, 5.74) is 1.31. The molecular weight excluding hydrogens is 380 g/mol. The van der Waals surface area contributed by atoms with E-state index in [0.29, 0.717) is 11.1 Å². The summed E-state index contributed by atoms with van der Waals surface area (Å²) in [6.07, 6.45) is 0.765. The molecule has 0 saturated heterocycles. The van der Waals surface area contributed by atoms with Gasteiger partial charge in [-0.3, -0.25) is 9.52 Å². The van der Waals surface area contributed by atoms with Crippen molar-refractivity contribution >= 4 is 27.6 Å². The number of carbonyl (C=O) groups is 2. The lowest BCUT2D eigenvalue weighted by atomic mass is 10.1. The number of para-hydroxylation sites is 1. The van der Waals surface area contributed by atoms with E-state index in [0.717, 1.165) is 6.42 Å². The first-order valence-corrected chi connectivity index (χ1v) is 10.5. The molecule has 1 amide bonds. The third-order valence-corrected chi connectivity index (χ3v) is 5.40. The van der Waals surface area contributed by atoms with E-state index in [1.807, 2.05) is 13.8 Å². The number of carbonyl (C=O) groups excluding carboxylic acids is 2. The van der Waals surface area contributed by atoms with E-state index >= 15 is 0 Å². The molecular formula is C20H24N2O5S. The second-order valence-corrected chi connectivity index (χ2v) is 8.10. The summed E-state index contributed by atoms with van der Waals surface area (Å²) < 4.78 is 32.2. The summed E-state index contributed by atoms with van der Waals surface area (Å²) >= 11 is 0. The monoisotopic (exact) mass is 404 g/mol. The van der Waals surface area contributed by atoms with Crippen LogP contribution in [0.4, 0.5) is 5.69 Å². The van der Waals surface area contributed by atoms with Gasteiger partial charge in [0.1, 0.15) is 0 Å². The number of nitrogens with one attached hydrogen (secondary N) is 2. The van der Waals surface area contributed by atoms with Gasteiger partial charge in [-0.2, -0.15) is 0 Å². The molecule has 0 aliphatic rings. The number of hydrogen-bond donors (Lipinski definition) is 2. The van der Waals surface area contributed by atoms with Gasteiger partial charge in [0.2, 0.25) is 10.0 Å². The first kappa shape index (κ1) is 21.4. The zero-order valence-corrected chi connectivity index (χ0v) is 16.9. The van der Waals surface area contributed by atoms with Crippen molar-refractivity contribution in [2.75, 3.05) is 11.8 Å². The van der Waals surface area contributed by atoms with Crippen LogP contribution in [0.3, 0.4) is 0 Å². The highest BCUT2D eigenvalue weighted by Crippen LogP contribution is 2.19. The van der Waals surface area contributed by atoms with E-state index in [1.54, 1.807) is 36.4 Å². The number of anilines is 1. The van der Waals surface area contributed by atoms with E-state index in [9.17, 15) is 18.0 Å². The SMILES string of the molecule is CCC(C)NC(=O)c1ccccc1NS(=O)(=O)Cc1ccc(C(=O)OC)cc1. The highest BCUT2D eigenvalue weighted by Gasteiger charge is 2.18. The molecule has 0 aliphatic carbocycles. The van der Waals surface area contributed by atoms with E-state index in [4.69, 9.17) is 0 Å². The molecule has 150 valence electrons. The Morgan fingerprint density at radius 1 is 1.07 bits per heavy atom. The van der Waals surface area contributed by atoms with Crippen LogP contribution >= 0.6 is 0 Å². The Labute approximate surface area is 165 Å². The summed E-state index contributed by atoms with van der Waals surface area (Å²) in [4.78, 5) is 23.9. The molecule has 0 aliphatic heterocycles. The predicted octanol–water partition coefficient (Wildman–Crippen LogP) is 2.94. The maximum absolute atomic E-state index is 12.6. The van der Waals surface area contributed by atoms with Crippen LogP contribution in [-0.2, 0) is 20.5 Å². The van der Waals surface area contributed by atoms with Gasteiger partial charge in [-0.1, -0.05) is 31.2 Å². The van der Waals surface area contributed by atoms with Gasteiger partial charge in [-0.25, -0.2) is 13.2 Å². The minimum atomic E-state index is -3.76. The van der Waals surface area contributed by atoms with Gasteiger partial charge in [0, 0.05) is 6.04 Å². The van der Waals surface area contributed by atoms with Gasteiger partial charge in [-0.05, 0) is 43.2 Å². The Balaban J connectivity index is 2.16. The molecule has 0 saturated carbocycles. The molecule has 2 aromatic carbocycles. The Kier molecular flexibility index (Phi) is 7.17. The molecule has 7 nitrogen and oxygen atoms in total. The summed E-state index contributed by atoms with van der Waals surface area (Å²) in [5, 5.41) is 2.83. The minimum Gasteiger partial charge on any atom is -0.465 e. The van der Waals surface area contributed by atoms with E-state index in [1.165, 1.54) is 19.2 Å². The van der Waals surface area contributed by atoms with Crippen molar-refractivity contribution in [2.24, 2.45) is 0 Å². The van der Waals surface area contributed by atoms with Crippen molar-refractivity contribution in [3.05, 3.63) is 65.2 Å². The first-order chi connectivity index (χ1) is 13.3. The fourth-order valence-corrected chi connectivity index (χ4v) is 3.67. The summed E-state index contributed by atoms with van der Waals surface area (Å²) in [5.74, 6) is -1.13. The van der Waals surface area contributed by atoms with Gasteiger partial charge >= 0.3 is 5.97 Å². The molecule has 1 atom stereocenters. The Morgan fingerprint density at radius 2 is 1.71 bits per heavy atom. The quantitative estimate of drug-likeness (QED) is 0.659. The number of amides is 1. The third-order valence-electron chi connectivity index (χ3n) is 4.16. The summed E-state index contributed by atoms with van der Waals surface area (Å²) in [6, 6.07) is 12.5. The van der Waals surface area contributed by atoms with Gasteiger partial charge in [0.25, 0.3) is 5.91 Å². The van der Waals surface area contributed by atoms with Crippen molar-refractivity contribution in [1.29, 1.82) is 0 Å². The summed E-state index contributed by atoms with van der Waals surface area (Å²) in [6.45, 7) is 3.83. The number of benzene rings is 2. The van der Waals surface area contributed by atoms with Crippen molar-refractivity contribution in [3.8, 4) is 0 Å². The smallest absolute Gasteiger partial charge is 0.337 e. The van der Waals surface area contributed by atoms with E-state index in [2.05, 4.69) is 14.8 Å². The number of hydrogen-bond acceptors (Lipinski definition) is 5. The van der Waals surface area contributed by atoms with Crippen LogP contribution < -0.4 is 10.0 Å². The van der Waals surface area contributed by atoms with Gasteiger partial charge in [-0.15, -0.1) is 0 Å². The van der Waals surface area contributed by atoms with E-state index in [-0.39, 0.29) is 29.0 Å². The highest BCUT2D eigenvalue weighted by molar-refractivity contribution is 7.91. The fourth-order valence-electron chi connectivity index (χ4n) is 2.45. The molecule has 0 spiro atoms. The molecule has 28 heavy (non-hydrogen) atoms. The van der Waals surface area contributed by atoms with Crippen molar-refractivity contribution in [1.82, 2.24) is 5.32 Å². The van der Waals surface area contributed by atoms with E-state index < -0.39 is 16.0 Å². The largest absolute Gasteiger partial charge is 0.465 e. The molecule has 2 N–H and O–H groups in total. The molecule has 2 rings (SSSR count). The minimum absolute atomic E-state index is 0.0227. The normalized spacial score (nSPS) is 12.1. The third kappa shape index (κ3) is 5.82. The lowest BCUT2D eigenvalue weighted by molar-refractivity contribution is 0.0600. The van der Waals surface area contributed by atoms with Crippen LogP contribution in [0, 0.1) is 0 Å². The van der Waals surface area contributed by atoms with Crippen LogP contribution in [0.15, 0.2) is 48.5 Å². The lowest BCUT2D eigenvalue weighted by Crippen LogP contribution is -2.32. The molecule has 2 aromatic rings. The van der Waals surface area contributed by atoms with Gasteiger partial charge < -0.3 is 10.1 Å². The van der Waals surface area contributed by atoms with Crippen LogP contribution in [0.1, 0.15) is 46.5 Å².